The molecule has 0 amide bonds. The van der Waals surface area contributed by atoms with Crippen LogP contribution in [-0.4, -0.2) is 46.0 Å². The summed E-state index contributed by atoms with van der Waals surface area (Å²) in [7, 11) is 0. The van der Waals surface area contributed by atoms with Gasteiger partial charge in [0.2, 0.25) is 6.04 Å². The van der Waals surface area contributed by atoms with Gasteiger partial charge in [0.05, 0.1) is 18.1 Å². The normalized spacial score (nSPS) is 18.8. The van der Waals surface area contributed by atoms with Gasteiger partial charge >= 0.3 is 11.9 Å². The number of nitro groups is 1. The maximum absolute atomic E-state index is 12.5. The maximum Gasteiger partial charge on any atom is 0.340 e. The predicted octanol–water partition coefficient (Wildman–Crippen LogP) is 1.36. The lowest BCUT2D eigenvalue weighted by atomic mass is 10.2. The first-order valence-corrected chi connectivity index (χ1v) is 8.85. The number of anilines is 1. The first-order chi connectivity index (χ1) is 11.8. The second-order valence-electron chi connectivity index (χ2n) is 5.12. The first kappa shape index (κ1) is 19.0. The van der Waals surface area contributed by atoms with Crippen LogP contribution >= 0.6 is 0 Å². The molecule has 25 heavy (non-hydrogen) atoms. The first-order valence-electron chi connectivity index (χ1n) is 7.64. The summed E-state index contributed by atoms with van der Waals surface area (Å²) in [6, 6.07) is 2.31. The van der Waals surface area contributed by atoms with Crippen molar-refractivity contribution in [3.63, 3.8) is 0 Å². The van der Waals surface area contributed by atoms with Crippen molar-refractivity contribution in [3.8, 4) is 0 Å². The lowest BCUT2D eigenvalue weighted by Gasteiger charge is -2.28. The molecule has 0 aromatic heterocycles. The van der Waals surface area contributed by atoms with Crippen molar-refractivity contribution in [3.05, 3.63) is 28.3 Å². The molecule has 1 aromatic rings. The second kappa shape index (κ2) is 7.70. The van der Waals surface area contributed by atoms with E-state index >= 15 is 0 Å². The Balaban J connectivity index is 2.54. The Kier molecular flexibility index (Phi) is 5.85. The van der Waals surface area contributed by atoms with E-state index in [1.807, 2.05) is 0 Å². The quantitative estimate of drug-likeness (QED) is 0.242. The lowest BCUT2D eigenvalue weighted by molar-refractivity contribution is -0.384. The number of non-ortho nitro benzene ring substituents is 1. The number of ether oxygens (including phenoxy) is 2. The predicted molar refractivity (Wildman–Crippen MR) is 88.5 cm³/mol. The monoisotopic (exact) mass is 370 g/mol. The molecule has 2 rings (SSSR count). The van der Waals surface area contributed by atoms with Gasteiger partial charge in [0.15, 0.2) is 10.3 Å². The summed E-state index contributed by atoms with van der Waals surface area (Å²) in [6.45, 7) is 4.83. The van der Waals surface area contributed by atoms with Crippen molar-refractivity contribution in [1.29, 1.82) is 0 Å². The number of carbonyl (C=O) groups excluding carboxylic acids is 2. The zero-order chi connectivity index (χ0) is 18.7. The van der Waals surface area contributed by atoms with E-state index in [1.165, 1.54) is 23.1 Å². The highest BCUT2D eigenvalue weighted by Crippen LogP contribution is 2.42. The van der Waals surface area contributed by atoms with E-state index in [9.17, 15) is 24.3 Å². The molecule has 0 saturated carbocycles. The molecule has 1 aliphatic rings. The van der Waals surface area contributed by atoms with Gasteiger partial charge in [-0.1, -0.05) is 0 Å². The van der Waals surface area contributed by atoms with E-state index in [0.29, 0.717) is 4.90 Å². The minimum Gasteiger partial charge on any atom is -0.610 e. The third-order valence-corrected chi connectivity index (χ3v) is 5.27. The number of fused-ring (bicyclic) bond motifs is 1. The lowest BCUT2D eigenvalue weighted by Crippen LogP contribution is -2.52. The molecule has 1 aliphatic heterocycles. The van der Waals surface area contributed by atoms with E-state index in [0.717, 1.165) is 0 Å². The summed E-state index contributed by atoms with van der Waals surface area (Å²) in [5, 5.41) is 10.3. The van der Waals surface area contributed by atoms with E-state index in [-0.39, 0.29) is 24.6 Å². The summed E-state index contributed by atoms with van der Waals surface area (Å²) in [5.74, 6) is -1.71. The molecule has 0 radical (unpaired) electrons. The summed E-state index contributed by atoms with van der Waals surface area (Å²) < 4.78 is 22.4. The zero-order valence-corrected chi connectivity index (χ0v) is 14.8. The fourth-order valence-corrected chi connectivity index (χ4v) is 3.97. The minimum atomic E-state index is -1.57. The molecule has 0 bridgehead atoms. The molecule has 136 valence electrons. The van der Waals surface area contributed by atoms with Crippen LogP contribution in [0.5, 0.6) is 0 Å². The van der Waals surface area contributed by atoms with Crippen molar-refractivity contribution >= 4 is 34.5 Å². The van der Waals surface area contributed by atoms with Crippen LogP contribution < -0.4 is 4.90 Å². The third-order valence-electron chi connectivity index (χ3n) is 3.65. The molecule has 2 atom stereocenters. The van der Waals surface area contributed by atoms with Crippen molar-refractivity contribution in [2.45, 2.75) is 37.1 Å². The van der Waals surface area contributed by atoms with Crippen LogP contribution in [0.3, 0.4) is 0 Å². The van der Waals surface area contributed by atoms with Gasteiger partial charge in [-0.15, -0.1) is 0 Å². The number of esters is 2. The minimum absolute atomic E-state index is 0.0435. The molecule has 9 nitrogen and oxygen atoms in total. The molecule has 1 aromatic carbocycles. The van der Waals surface area contributed by atoms with Gasteiger partial charge in [-0.3, -0.25) is 15.0 Å². The molecule has 0 spiro atoms. The van der Waals surface area contributed by atoms with Crippen molar-refractivity contribution in [1.82, 2.24) is 0 Å². The average molecular weight is 370 g/mol. The van der Waals surface area contributed by atoms with Gasteiger partial charge in [0, 0.05) is 36.3 Å². The van der Waals surface area contributed by atoms with Crippen LogP contribution in [-0.2, 0) is 30.2 Å². The molecule has 0 N–H and O–H groups in total. The fourth-order valence-electron chi connectivity index (χ4n) is 2.59. The summed E-state index contributed by atoms with van der Waals surface area (Å²) in [5.41, 5.74) is -0.0487. The Morgan fingerprint density at radius 2 is 1.84 bits per heavy atom. The Morgan fingerprint density at radius 3 is 2.32 bits per heavy atom. The number of hydrogen-bond donors (Lipinski definition) is 0. The largest absolute Gasteiger partial charge is 0.610 e. The zero-order valence-electron chi connectivity index (χ0n) is 14.0. The van der Waals surface area contributed by atoms with Crippen LogP contribution in [0.4, 0.5) is 11.4 Å². The molecule has 0 aliphatic carbocycles. The van der Waals surface area contributed by atoms with Crippen LogP contribution in [0.15, 0.2) is 23.1 Å². The Labute approximate surface area is 147 Å². The third kappa shape index (κ3) is 3.54. The number of benzene rings is 1. The Morgan fingerprint density at radius 1 is 1.28 bits per heavy atom. The summed E-state index contributed by atoms with van der Waals surface area (Å²) >= 11 is -1.57. The molecular weight excluding hydrogens is 352 g/mol. The number of carbonyl (C=O) groups is 2. The van der Waals surface area contributed by atoms with Gasteiger partial charge in [-0.2, -0.15) is 0 Å². The molecule has 0 fully saturated rings. The van der Waals surface area contributed by atoms with Gasteiger partial charge in [0.1, 0.15) is 5.69 Å². The van der Waals surface area contributed by atoms with E-state index in [1.54, 1.807) is 20.8 Å². The molecule has 10 heteroatoms. The Bertz CT molecular complexity index is 678. The highest BCUT2D eigenvalue weighted by molar-refractivity contribution is 7.92. The summed E-state index contributed by atoms with van der Waals surface area (Å²) in [4.78, 5) is 36.7. The van der Waals surface area contributed by atoms with Gasteiger partial charge in [-0.05, 0) is 13.8 Å². The number of hydrogen-bond acceptors (Lipinski definition) is 8. The molecule has 2 unspecified atom stereocenters. The SMILES string of the molecule is CCOC(=O)C(C(=O)OCC)N1c2cc([N+](=O)[O-])ccc2[S+]([O-])C1C. The molecule has 1 heterocycles. The summed E-state index contributed by atoms with van der Waals surface area (Å²) in [6.07, 6.45) is 0. The van der Waals surface area contributed by atoms with Crippen LogP contribution in [0, 0.1) is 10.1 Å². The van der Waals surface area contributed by atoms with Crippen LogP contribution in [0.25, 0.3) is 0 Å². The highest BCUT2D eigenvalue weighted by Gasteiger charge is 2.49. The van der Waals surface area contributed by atoms with Gasteiger partial charge in [0.25, 0.3) is 5.69 Å². The smallest absolute Gasteiger partial charge is 0.340 e. The number of nitrogens with zero attached hydrogens (tertiary/aromatic N) is 2. The fraction of sp³-hybridized carbons (Fsp3) is 0.467. The van der Waals surface area contributed by atoms with E-state index in [4.69, 9.17) is 9.47 Å². The Hall–Kier alpha value is -2.33. The second-order valence-corrected chi connectivity index (χ2v) is 6.84. The average Bonchev–Trinajstić information content (AvgIpc) is 2.80. The van der Waals surface area contributed by atoms with E-state index < -0.39 is 39.5 Å². The van der Waals surface area contributed by atoms with Crippen molar-refractivity contribution < 1.29 is 28.5 Å². The highest BCUT2D eigenvalue weighted by atomic mass is 32.2. The maximum atomic E-state index is 12.5. The van der Waals surface area contributed by atoms with Crippen LogP contribution in [0.1, 0.15) is 20.8 Å². The van der Waals surface area contributed by atoms with E-state index in [2.05, 4.69) is 0 Å². The molecule has 0 saturated heterocycles. The standard InChI is InChI=1S/C15H18N2O7S/c1-4-23-14(18)13(15(19)24-5-2)16-9(3)25(22)12-7-6-10(17(20)21)8-11(12)16/h6-9,13H,4-5H2,1-3H3. The van der Waals surface area contributed by atoms with Crippen molar-refractivity contribution in [2.75, 3.05) is 18.1 Å². The van der Waals surface area contributed by atoms with Gasteiger partial charge < -0.3 is 14.0 Å². The van der Waals surface area contributed by atoms with Crippen LogP contribution in [0.2, 0.25) is 0 Å². The topological polar surface area (TPSA) is 122 Å². The van der Waals surface area contributed by atoms with Crippen molar-refractivity contribution in [2.24, 2.45) is 0 Å². The van der Waals surface area contributed by atoms with Gasteiger partial charge in [-0.25, -0.2) is 9.59 Å². The molecular formula is C15H18N2O7S. The number of rotatable bonds is 6. The number of nitro benzene ring substituents is 1.